The van der Waals surface area contributed by atoms with E-state index in [1.54, 1.807) is 17.0 Å². The summed E-state index contributed by atoms with van der Waals surface area (Å²) >= 11 is 0. The number of carbonyl (C=O) groups excluding carboxylic acids is 2. The molecule has 0 aromatic heterocycles. The first-order valence-corrected chi connectivity index (χ1v) is 11.5. The summed E-state index contributed by atoms with van der Waals surface area (Å²) in [5, 5.41) is 12.9. The van der Waals surface area contributed by atoms with Crippen LogP contribution in [0.25, 0.3) is 11.1 Å². The molecule has 3 atom stereocenters. The first kappa shape index (κ1) is 23.5. The summed E-state index contributed by atoms with van der Waals surface area (Å²) in [6, 6.07) is 7.79. The number of halogens is 3. The number of nitrogens with zero attached hydrogens (tertiary/aromatic N) is 1. The van der Waals surface area contributed by atoms with E-state index in [4.69, 9.17) is 0 Å². The van der Waals surface area contributed by atoms with Gasteiger partial charge in [0, 0.05) is 24.1 Å². The first-order valence-electron chi connectivity index (χ1n) is 11.5. The van der Waals surface area contributed by atoms with Gasteiger partial charge in [-0.05, 0) is 43.7 Å². The Balaban J connectivity index is 1.52. The minimum Gasteiger partial charge on any atom is -0.395 e. The molecule has 2 amide bonds. The number of hydrogen-bond donors (Lipinski definition) is 2. The molecule has 6 rings (SSSR count). The second-order valence-corrected chi connectivity index (χ2v) is 9.38. The molecule has 3 fully saturated rings. The summed E-state index contributed by atoms with van der Waals surface area (Å²) in [6.45, 7) is 2.77. The summed E-state index contributed by atoms with van der Waals surface area (Å²) in [7, 11) is 0. The molecule has 3 aliphatic heterocycles. The molecule has 35 heavy (non-hydrogen) atoms. The number of rotatable bonds is 5. The Hall–Kier alpha value is -3.27. The van der Waals surface area contributed by atoms with Crippen molar-refractivity contribution in [2.75, 3.05) is 0 Å². The predicted molar refractivity (Wildman–Crippen MR) is 118 cm³/mol. The van der Waals surface area contributed by atoms with Gasteiger partial charge >= 0.3 is 6.29 Å². The maximum absolute atomic E-state index is 15.8. The zero-order chi connectivity index (χ0) is 25.1. The highest BCUT2D eigenvalue weighted by Gasteiger charge is 2.53. The third-order valence-corrected chi connectivity index (χ3v) is 7.03. The molecule has 2 bridgehead atoms. The molecular weight excluding hydrogens is 465 g/mol. The third kappa shape index (κ3) is 4.09. The Bertz CT molecular complexity index is 1180. The maximum atomic E-state index is 15.8. The summed E-state index contributed by atoms with van der Waals surface area (Å²) in [6.07, 6.45) is -3.62. The van der Waals surface area contributed by atoms with Gasteiger partial charge in [0.2, 0.25) is 5.91 Å². The van der Waals surface area contributed by atoms with Gasteiger partial charge in [-0.25, -0.2) is 4.39 Å². The Morgan fingerprint density at radius 3 is 2.54 bits per heavy atom. The maximum Gasteiger partial charge on any atom is 0.586 e. The number of benzene rings is 2. The fraction of sp³-hybridized carbons (Fsp3) is 0.440. The van der Waals surface area contributed by atoms with Crippen LogP contribution in [-0.4, -0.2) is 52.3 Å². The van der Waals surface area contributed by atoms with Crippen molar-refractivity contribution >= 4 is 11.8 Å². The molecule has 2 aromatic carbocycles. The number of aliphatic hydroxyl groups is 1. The van der Waals surface area contributed by atoms with E-state index < -0.39 is 36.2 Å². The van der Waals surface area contributed by atoms with Crippen molar-refractivity contribution < 1.29 is 37.3 Å². The number of ether oxygens (including phenoxy) is 2. The number of carbonyl (C=O) groups is 2. The van der Waals surface area contributed by atoms with E-state index >= 15 is 4.39 Å². The minimum absolute atomic E-state index is 0.0473. The van der Waals surface area contributed by atoms with Crippen LogP contribution in [0.15, 0.2) is 36.4 Å². The standard InChI is InChI=1S/C25H25F3N2O5/c1-12(31)24(33)30-16-9-15(10-16)22(29-13(2)32)19(30)11-14-5-3-6-17(21(14)26)18-7-4-8-20-23(18)35-25(27,28)34-20/h3-8,12,15-16,19,22,31H,9-11H2,1-2H3,(H,29,32)/t12-,15?,16?,19+,22+/m1/s1. The van der Waals surface area contributed by atoms with Gasteiger partial charge in [0.25, 0.3) is 5.91 Å². The van der Waals surface area contributed by atoms with Crippen LogP contribution in [0.1, 0.15) is 32.3 Å². The smallest absolute Gasteiger partial charge is 0.395 e. The van der Waals surface area contributed by atoms with Crippen molar-refractivity contribution in [1.29, 1.82) is 0 Å². The molecular formula is C25H25F3N2O5. The normalized spacial score (nSPS) is 26.6. The SMILES string of the molecule is CC(=O)N[C@H]1C2CC(C2)N(C(=O)[C@@H](C)O)[C@H]1Cc1cccc(-c2cccc3c2OC(F)(F)O3)c1F. The number of piperidine rings is 2. The highest BCUT2D eigenvalue weighted by molar-refractivity contribution is 5.82. The molecule has 1 aliphatic carbocycles. The second kappa shape index (κ2) is 8.44. The molecule has 2 N–H and O–H groups in total. The Morgan fingerprint density at radius 2 is 1.86 bits per heavy atom. The average molecular weight is 490 g/mol. The highest BCUT2D eigenvalue weighted by atomic mass is 19.3. The summed E-state index contributed by atoms with van der Waals surface area (Å²) in [4.78, 5) is 26.4. The number of fused-ring (bicyclic) bond motifs is 3. The molecule has 2 saturated heterocycles. The number of amides is 2. The van der Waals surface area contributed by atoms with Crippen molar-refractivity contribution in [2.24, 2.45) is 5.92 Å². The lowest BCUT2D eigenvalue weighted by molar-refractivity contribution is -0.286. The molecule has 2 aromatic rings. The van der Waals surface area contributed by atoms with E-state index in [0.717, 1.165) is 0 Å². The van der Waals surface area contributed by atoms with Gasteiger partial charge in [-0.2, -0.15) is 0 Å². The van der Waals surface area contributed by atoms with Gasteiger partial charge in [-0.1, -0.05) is 30.3 Å². The number of nitrogens with one attached hydrogen (secondary N) is 1. The monoisotopic (exact) mass is 490 g/mol. The summed E-state index contributed by atoms with van der Waals surface area (Å²) in [5.41, 5.74) is 0.405. The molecule has 10 heteroatoms. The zero-order valence-corrected chi connectivity index (χ0v) is 19.1. The minimum atomic E-state index is -3.84. The molecule has 186 valence electrons. The molecule has 0 radical (unpaired) electrons. The van der Waals surface area contributed by atoms with Gasteiger partial charge in [-0.3, -0.25) is 9.59 Å². The van der Waals surface area contributed by atoms with Crippen molar-refractivity contribution in [1.82, 2.24) is 10.2 Å². The van der Waals surface area contributed by atoms with E-state index in [9.17, 15) is 23.5 Å². The van der Waals surface area contributed by atoms with Crippen LogP contribution in [0, 0.1) is 11.7 Å². The lowest BCUT2D eigenvalue weighted by Gasteiger charge is -2.58. The number of hydrogen-bond acceptors (Lipinski definition) is 5. The topological polar surface area (TPSA) is 88.1 Å². The number of alkyl halides is 2. The molecule has 7 nitrogen and oxygen atoms in total. The average Bonchev–Trinajstić information content (AvgIpc) is 3.08. The van der Waals surface area contributed by atoms with Gasteiger partial charge in [0.1, 0.15) is 11.9 Å². The Morgan fingerprint density at radius 1 is 1.17 bits per heavy atom. The Labute approximate surface area is 199 Å². The summed E-state index contributed by atoms with van der Waals surface area (Å²) < 4.78 is 52.3. The van der Waals surface area contributed by atoms with Crippen molar-refractivity contribution in [3.63, 3.8) is 0 Å². The van der Waals surface area contributed by atoms with E-state index in [1.165, 1.54) is 38.1 Å². The quantitative estimate of drug-likeness (QED) is 0.672. The fourth-order valence-corrected chi connectivity index (χ4v) is 5.49. The lowest BCUT2D eigenvalue weighted by atomic mass is 9.66. The van der Waals surface area contributed by atoms with E-state index in [-0.39, 0.29) is 52.5 Å². The van der Waals surface area contributed by atoms with Crippen LogP contribution in [-0.2, 0) is 16.0 Å². The van der Waals surface area contributed by atoms with Crippen molar-refractivity contribution in [2.45, 2.75) is 63.6 Å². The van der Waals surface area contributed by atoms with Crippen LogP contribution < -0.4 is 14.8 Å². The van der Waals surface area contributed by atoms with E-state index in [0.29, 0.717) is 12.8 Å². The first-order chi connectivity index (χ1) is 16.6. The van der Waals surface area contributed by atoms with Crippen LogP contribution in [0.3, 0.4) is 0 Å². The zero-order valence-electron chi connectivity index (χ0n) is 19.1. The van der Waals surface area contributed by atoms with Crippen LogP contribution in [0.5, 0.6) is 11.5 Å². The molecule has 3 heterocycles. The van der Waals surface area contributed by atoms with Crippen molar-refractivity contribution in [3.8, 4) is 22.6 Å². The van der Waals surface area contributed by atoms with Crippen LogP contribution in [0.4, 0.5) is 13.2 Å². The van der Waals surface area contributed by atoms with Gasteiger partial charge < -0.3 is 24.8 Å². The third-order valence-electron chi connectivity index (χ3n) is 7.03. The highest BCUT2D eigenvalue weighted by Crippen LogP contribution is 2.48. The molecule has 0 spiro atoms. The van der Waals surface area contributed by atoms with Crippen LogP contribution >= 0.6 is 0 Å². The number of aliphatic hydroxyl groups excluding tert-OH is 1. The fourth-order valence-electron chi connectivity index (χ4n) is 5.49. The van der Waals surface area contributed by atoms with Crippen LogP contribution in [0.2, 0.25) is 0 Å². The Kier molecular flexibility index (Phi) is 5.66. The summed E-state index contributed by atoms with van der Waals surface area (Å²) in [5.74, 6) is -1.69. The van der Waals surface area contributed by atoms with E-state index in [1.807, 2.05) is 0 Å². The molecule has 4 aliphatic rings. The van der Waals surface area contributed by atoms with Crippen molar-refractivity contribution in [3.05, 3.63) is 47.8 Å². The van der Waals surface area contributed by atoms with Gasteiger partial charge in [0.05, 0.1) is 12.1 Å². The lowest BCUT2D eigenvalue weighted by Crippen LogP contribution is -2.71. The molecule has 1 saturated carbocycles. The largest absolute Gasteiger partial charge is 0.586 e. The molecule has 0 unspecified atom stereocenters. The second-order valence-electron chi connectivity index (χ2n) is 9.38. The number of para-hydroxylation sites is 1. The van der Waals surface area contributed by atoms with Gasteiger partial charge in [-0.15, -0.1) is 8.78 Å². The predicted octanol–water partition coefficient (Wildman–Crippen LogP) is 3.23. The van der Waals surface area contributed by atoms with Gasteiger partial charge in [0.15, 0.2) is 11.5 Å². The van der Waals surface area contributed by atoms with E-state index in [2.05, 4.69) is 14.8 Å².